The number of benzene rings is 3. The summed E-state index contributed by atoms with van der Waals surface area (Å²) < 4.78 is 5.79. The molecule has 0 bridgehead atoms. The lowest BCUT2D eigenvalue weighted by Gasteiger charge is -2.06. The molecule has 0 atom stereocenters. The maximum absolute atomic E-state index is 2.48. The summed E-state index contributed by atoms with van der Waals surface area (Å²) >= 11 is 2.48. The zero-order valence-corrected chi connectivity index (χ0v) is 16.1. The van der Waals surface area contributed by atoms with Crippen molar-refractivity contribution in [2.24, 2.45) is 7.05 Å². The molecule has 0 radical (unpaired) electrons. The third-order valence-electron chi connectivity index (χ3n) is 4.35. The minimum absolute atomic E-state index is 1.16. The number of para-hydroxylation sites is 1. The Morgan fingerprint density at radius 1 is 0.680 bits per heavy atom. The van der Waals surface area contributed by atoms with Gasteiger partial charge in [-0.25, -0.2) is 0 Å². The number of rotatable bonds is 3. The summed E-state index contributed by atoms with van der Waals surface area (Å²) in [6, 6.07) is 31.7. The SMILES string of the molecule is C[n+]1c(-c2ccccc2)c(I)c(-c2ccccc2)n1-c1ccccc1. The number of halogens is 1. The molecule has 4 aromatic rings. The van der Waals surface area contributed by atoms with Crippen LogP contribution in [0.3, 0.4) is 0 Å². The van der Waals surface area contributed by atoms with Gasteiger partial charge in [0.15, 0.2) is 7.05 Å². The minimum atomic E-state index is 1.16. The highest BCUT2D eigenvalue weighted by Crippen LogP contribution is 2.33. The molecule has 2 nitrogen and oxygen atoms in total. The van der Waals surface area contributed by atoms with E-state index in [1.165, 1.54) is 26.1 Å². The van der Waals surface area contributed by atoms with Crippen LogP contribution in [0, 0.1) is 3.57 Å². The van der Waals surface area contributed by atoms with Gasteiger partial charge in [-0.2, -0.15) is 0 Å². The summed E-state index contributed by atoms with van der Waals surface area (Å²) in [4.78, 5) is 0. The molecule has 122 valence electrons. The molecule has 0 aliphatic carbocycles. The van der Waals surface area contributed by atoms with Crippen molar-refractivity contribution in [1.82, 2.24) is 4.68 Å². The van der Waals surface area contributed by atoms with Gasteiger partial charge in [0, 0.05) is 11.1 Å². The molecule has 0 aliphatic rings. The normalized spacial score (nSPS) is 10.8. The molecule has 0 saturated carbocycles. The summed E-state index contributed by atoms with van der Waals surface area (Å²) in [5.74, 6) is 0. The second-order valence-electron chi connectivity index (χ2n) is 5.91. The predicted octanol–water partition coefficient (Wildman–Crippen LogP) is 5.24. The van der Waals surface area contributed by atoms with Gasteiger partial charge in [0.1, 0.15) is 15.0 Å². The van der Waals surface area contributed by atoms with E-state index in [0.717, 1.165) is 5.69 Å². The molecular formula is C22H18IN2+. The molecule has 0 N–H and O–H groups in total. The second-order valence-corrected chi connectivity index (χ2v) is 6.99. The molecule has 4 rings (SSSR count). The summed E-state index contributed by atoms with van der Waals surface area (Å²) in [6.07, 6.45) is 0. The third kappa shape index (κ3) is 2.89. The average Bonchev–Trinajstić information content (AvgIpc) is 2.94. The fourth-order valence-electron chi connectivity index (χ4n) is 3.22. The Bertz CT molecular complexity index is 928. The Morgan fingerprint density at radius 3 is 1.72 bits per heavy atom. The van der Waals surface area contributed by atoms with Gasteiger partial charge in [-0.3, -0.25) is 0 Å². The zero-order valence-electron chi connectivity index (χ0n) is 13.9. The number of aromatic nitrogens is 2. The first kappa shape index (κ1) is 16.1. The Labute approximate surface area is 161 Å². The molecule has 1 aromatic heterocycles. The highest BCUT2D eigenvalue weighted by atomic mass is 127. The molecule has 0 unspecified atom stereocenters. The lowest BCUT2D eigenvalue weighted by atomic mass is 10.1. The maximum atomic E-state index is 2.48. The van der Waals surface area contributed by atoms with Gasteiger partial charge in [-0.05, 0) is 46.9 Å². The lowest BCUT2D eigenvalue weighted by Crippen LogP contribution is -2.40. The lowest BCUT2D eigenvalue weighted by molar-refractivity contribution is -0.733. The maximum Gasteiger partial charge on any atom is 0.252 e. The van der Waals surface area contributed by atoms with E-state index < -0.39 is 0 Å². The fourth-order valence-corrected chi connectivity index (χ4v) is 4.42. The first-order valence-electron chi connectivity index (χ1n) is 8.24. The summed E-state index contributed by atoms with van der Waals surface area (Å²) in [5, 5.41) is 0. The van der Waals surface area contributed by atoms with E-state index in [1.807, 2.05) is 0 Å². The van der Waals surface area contributed by atoms with E-state index in [-0.39, 0.29) is 0 Å². The third-order valence-corrected chi connectivity index (χ3v) is 5.37. The molecule has 1 heterocycles. The Kier molecular flexibility index (Phi) is 4.40. The Hall–Kier alpha value is -2.40. The van der Waals surface area contributed by atoms with Gasteiger partial charge in [0.25, 0.3) is 5.69 Å². The van der Waals surface area contributed by atoms with Crippen LogP contribution < -0.4 is 4.68 Å². The molecule has 0 saturated heterocycles. The zero-order chi connectivity index (χ0) is 17.2. The number of nitrogens with zero attached hydrogens (tertiary/aromatic N) is 2. The van der Waals surface area contributed by atoms with Crippen LogP contribution in [0.15, 0.2) is 91.0 Å². The average molecular weight is 437 g/mol. The van der Waals surface area contributed by atoms with Crippen LogP contribution >= 0.6 is 22.6 Å². The molecule has 3 heteroatoms. The smallest absolute Gasteiger partial charge is 0.119 e. The minimum Gasteiger partial charge on any atom is -0.119 e. The van der Waals surface area contributed by atoms with E-state index >= 15 is 0 Å². The highest BCUT2D eigenvalue weighted by molar-refractivity contribution is 14.1. The topological polar surface area (TPSA) is 8.81 Å². The molecule has 0 fully saturated rings. The van der Waals surface area contributed by atoms with Crippen molar-refractivity contribution in [3.05, 3.63) is 94.6 Å². The van der Waals surface area contributed by atoms with Crippen molar-refractivity contribution in [3.63, 3.8) is 0 Å². The van der Waals surface area contributed by atoms with E-state index in [1.54, 1.807) is 0 Å². The summed E-state index contributed by atoms with van der Waals surface area (Å²) in [7, 11) is 2.13. The van der Waals surface area contributed by atoms with Gasteiger partial charge in [0.2, 0.25) is 0 Å². The van der Waals surface area contributed by atoms with Crippen molar-refractivity contribution in [3.8, 4) is 28.2 Å². The Balaban J connectivity index is 2.06. The van der Waals surface area contributed by atoms with Gasteiger partial charge in [-0.15, -0.1) is 9.36 Å². The van der Waals surface area contributed by atoms with Crippen molar-refractivity contribution < 1.29 is 4.68 Å². The van der Waals surface area contributed by atoms with Crippen molar-refractivity contribution >= 4 is 22.6 Å². The van der Waals surface area contributed by atoms with Crippen molar-refractivity contribution in [1.29, 1.82) is 0 Å². The predicted molar refractivity (Wildman–Crippen MR) is 111 cm³/mol. The van der Waals surface area contributed by atoms with Crippen molar-refractivity contribution in [2.75, 3.05) is 0 Å². The molecule has 3 aromatic carbocycles. The Morgan fingerprint density at radius 2 is 1.16 bits per heavy atom. The van der Waals surface area contributed by atoms with Crippen LogP contribution in [0.1, 0.15) is 0 Å². The van der Waals surface area contributed by atoms with Crippen molar-refractivity contribution in [2.45, 2.75) is 0 Å². The van der Waals surface area contributed by atoms with E-state index in [4.69, 9.17) is 0 Å². The highest BCUT2D eigenvalue weighted by Gasteiger charge is 2.29. The fraction of sp³-hybridized carbons (Fsp3) is 0.0455. The van der Waals surface area contributed by atoms with E-state index in [2.05, 4.69) is 130 Å². The first-order valence-corrected chi connectivity index (χ1v) is 9.32. The van der Waals surface area contributed by atoms with Crippen LogP contribution in [0.5, 0.6) is 0 Å². The molecular weight excluding hydrogens is 419 g/mol. The van der Waals surface area contributed by atoms with Crippen LogP contribution in [0.4, 0.5) is 0 Å². The number of hydrogen-bond donors (Lipinski definition) is 0. The van der Waals surface area contributed by atoms with Crippen LogP contribution in [-0.4, -0.2) is 4.68 Å². The number of hydrogen-bond acceptors (Lipinski definition) is 0. The first-order chi connectivity index (χ1) is 12.3. The van der Waals surface area contributed by atoms with Gasteiger partial charge >= 0.3 is 0 Å². The van der Waals surface area contributed by atoms with Crippen LogP contribution in [-0.2, 0) is 7.05 Å². The molecule has 0 spiro atoms. The van der Waals surface area contributed by atoms with Gasteiger partial charge in [0.05, 0.1) is 0 Å². The van der Waals surface area contributed by atoms with E-state index in [0.29, 0.717) is 0 Å². The van der Waals surface area contributed by atoms with E-state index in [9.17, 15) is 0 Å². The van der Waals surface area contributed by atoms with Crippen LogP contribution in [0.25, 0.3) is 28.2 Å². The molecule has 0 aliphatic heterocycles. The van der Waals surface area contributed by atoms with Gasteiger partial charge < -0.3 is 0 Å². The van der Waals surface area contributed by atoms with Gasteiger partial charge in [-0.1, -0.05) is 66.7 Å². The monoisotopic (exact) mass is 437 g/mol. The standard InChI is InChI=1S/C22H18IN2/c1-24-21(17-11-5-2-6-12-17)20(23)22(18-13-7-3-8-14-18)25(24)19-15-9-4-10-16-19/h2-16H,1H3/q+1. The summed E-state index contributed by atoms with van der Waals surface area (Å²) in [6.45, 7) is 0. The quantitative estimate of drug-likeness (QED) is 0.306. The molecule has 0 amide bonds. The second kappa shape index (κ2) is 6.84. The van der Waals surface area contributed by atoms with Crippen LogP contribution in [0.2, 0.25) is 0 Å². The molecule has 25 heavy (non-hydrogen) atoms. The summed E-state index contributed by atoms with van der Waals surface area (Å²) in [5.41, 5.74) is 6.04. The largest absolute Gasteiger partial charge is 0.252 e.